The molecule has 0 fully saturated rings. The molecular formula is C13H18ClN3O2. The monoisotopic (exact) mass is 283 g/mol. The number of amides is 1. The number of carbonyl (C=O) groups excluding carboxylic acids is 1. The van der Waals surface area contributed by atoms with Crippen LogP contribution in [0, 0.1) is 0 Å². The third kappa shape index (κ3) is 3.56. The van der Waals surface area contributed by atoms with Gasteiger partial charge in [0, 0.05) is 12.1 Å². The SMILES string of the molecule is CC(C)(C)OC(=O)N1CCCc2ncnc(Cl)c2C1. The highest BCUT2D eigenvalue weighted by atomic mass is 35.5. The summed E-state index contributed by atoms with van der Waals surface area (Å²) in [6.45, 7) is 6.61. The first kappa shape index (κ1) is 14.1. The molecule has 1 aliphatic heterocycles. The molecule has 1 amide bonds. The first-order valence-corrected chi connectivity index (χ1v) is 6.71. The van der Waals surface area contributed by atoms with Gasteiger partial charge in [-0.15, -0.1) is 0 Å². The van der Waals surface area contributed by atoms with Crippen LogP contribution in [-0.2, 0) is 17.7 Å². The molecule has 0 saturated carbocycles. The van der Waals surface area contributed by atoms with Gasteiger partial charge in [-0.25, -0.2) is 14.8 Å². The van der Waals surface area contributed by atoms with Crippen LogP contribution in [0.1, 0.15) is 38.4 Å². The molecule has 2 rings (SSSR count). The van der Waals surface area contributed by atoms with E-state index < -0.39 is 5.60 Å². The molecule has 0 N–H and O–H groups in total. The topological polar surface area (TPSA) is 55.3 Å². The smallest absolute Gasteiger partial charge is 0.410 e. The molecular weight excluding hydrogens is 266 g/mol. The van der Waals surface area contributed by atoms with Gasteiger partial charge in [-0.3, -0.25) is 0 Å². The summed E-state index contributed by atoms with van der Waals surface area (Å²) in [4.78, 5) is 22.0. The maximum atomic E-state index is 12.1. The van der Waals surface area contributed by atoms with Crippen LogP contribution < -0.4 is 0 Å². The molecule has 1 aromatic rings. The summed E-state index contributed by atoms with van der Waals surface area (Å²) in [5.74, 6) is 0. The number of hydrogen-bond donors (Lipinski definition) is 0. The number of rotatable bonds is 0. The summed E-state index contributed by atoms with van der Waals surface area (Å²) in [5.41, 5.74) is 1.25. The van der Waals surface area contributed by atoms with Crippen LogP contribution in [-0.4, -0.2) is 33.1 Å². The molecule has 0 saturated heterocycles. The Balaban J connectivity index is 2.18. The third-order valence-corrected chi connectivity index (χ3v) is 3.15. The van der Waals surface area contributed by atoms with E-state index in [2.05, 4.69) is 9.97 Å². The van der Waals surface area contributed by atoms with Crippen molar-refractivity contribution in [3.05, 3.63) is 22.7 Å². The van der Waals surface area contributed by atoms with Crippen LogP contribution in [0.3, 0.4) is 0 Å². The van der Waals surface area contributed by atoms with Crippen LogP contribution in [0.25, 0.3) is 0 Å². The highest BCUT2D eigenvalue weighted by Gasteiger charge is 2.26. The van der Waals surface area contributed by atoms with E-state index in [1.54, 1.807) is 4.90 Å². The molecule has 0 spiro atoms. The lowest BCUT2D eigenvalue weighted by atomic mass is 10.2. The standard InChI is InChI=1S/C13H18ClN3O2/c1-13(2,3)19-12(18)17-6-4-5-10-9(7-17)11(14)16-8-15-10/h8H,4-7H2,1-3H3. The minimum atomic E-state index is -0.497. The van der Waals surface area contributed by atoms with E-state index in [1.807, 2.05) is 20.8 Å². The lowest BCUT2D eigenvalue weighted by molar-refractivity contribution is 0.0237. The van der Waals surface area contributed by atoms with E-state index >= 15 is 0 Å². The van der Waals surface area contributed by atoms with Crippen molar-refractivity contribution in [1.82, 2.24) is 14.9 Å². The number of ether oxygens (including phenoxy) is 1. The van der Waals surface area contributed by atoms with Crippen molar-refractivity contribution in [3.8, 4) is 0 Å². The number of aryl methyl sites for hydroxylation is 1. The zero-order chi connectivity index (χ0) is 14.0. The van der Waals surface area contributed by atoms with Crippen LogP contribution in [0.5, 0.6) is 0 Å². The Hall–Kier alpha value is -1.36. The molecule has 0 aliphatic carbocycles. The van der Waals surface area contributed by atoms with Gasteiger partial charge >= 0.3 is 6.09 Å². The maximum Gasteiger partial charge on any atom is 0.410 e. The summed E-state index contributed by atoms with van der Waals surface area (Å²) in [6, 6.07) is 0. The van der Waals surface area contributed by atoms with Crippen molar-refractivity contribution in [2.45, 2.75) is 45.8 Å². The maximum absolute atomic E-state index is 12.1. The quantitative estimate of drug-likeness (QED) is 0.687. The second kappa shape index (κ2) is 5.33. The van der Waals surface area contributed by atoms with Gasteiger partial charge in [0.2, 0.25) is 0 Å². The van der Waals surface area contributed by atoms with Crippen molar-refractivity contribution in [1.29, 1.82) is 0 Å². The molecule has 6 heteroatoms. The predicted molar refractivity (Wildman–Crippen MR) is 72.0 cm³/mol. The van der Waals surface area contributed by atoms with Gasteiger partial charge in [0.15, 0.2) is 0 Å². The van der Waals surface area contributed by atoms with Crippen molar-refractivity contribution < 1.29 is 9.53 Å². The molecule has 1 aromatic heterocycles. The summed E-state index contributed by atoms with van der Waals surface area (Å²) < 4.78 is 5.39. The van der Waals surface area contributed by atoms with E-state index in [4.69, 9.17) is 16.3 Å². The first-order chi connectivity index (χ1) is 8.87. The molecule has 5 nitrogen and oxygen atoms in total. The molecule has 0 bridgehead atoms. The normalized spacial score (nSPS) is 15.7. The van der Waals surface area contributed by atoms with Gasteiger partial charge in [-0.1, -0.05) is 11.6 Å². The minimum Gasteiger partial charge on any atom is -0.444 e. The van der Waals surface area contributed by atoms with Gasteiger partial charge < -0.3 is 9.64 Å². The minimum absolute atomic E-state index is 0.319. The van der Waals surface area contributed by atoms with Gasteiger partial charge in [0.05, 0.1) is 12.2 Å². The number of halogens is 1. The fourth-order valence-corrected chi connectivity index (χ4v) is 2.20. The van der Waals surface area contributed by atoms with E-state index in [0.717, 1.165) is 24.1 Å². The second-order valence-corrected chi connectivity index (χ2v) is 5.95. The fourth-order valence-electron chi connectivity index (χ4n) is 1.99. The van der Waals surface area contributed by atoms with Crippen molar-refractivity contribution in [3.63, 3.8) is 0 Å². The summed E-state index contributed by atoms with van der Waals surface area (Å²) in [7, 11) is 0. The Labute approximate surface area is 117 Å². The Morgan fingerprint density at radius 1 is 1.42 bits per heavy atom. The Morgan fingerprint density at radius 3 is 2.84 bits per heavy atom. The van der Waals surface area contributed by atoms with Crippen LogP contribution in [0.4, 0.5) is 4.79 Å². The van der Waals surface area contributed by atoms with Crippen molar-refractivity contribution in [2.75, 3.05) is 6.54 Å². The van der Waals surface area contributed by atoms with E-state index in [9.17, 15) is 4.79 Å². The largest absolute Gasteiger partial charge is 0.444 e. The Kier molecular flexibility index (Phi) is 3.94. The lowest BCUT2D eigenvalue weighted by Crippen LogP contribution is -2.36. The molecule has 1 aliphatic rings. The molecule has 2 heterocycles. The number of carbonyl (C=O) groups is 1. The van der Waals surface area contributed by atoms with Crippen LogP contribution >= 0.6 is 11.6 Å². The van der Waals surface area contributed by atoms with Crippen LogP contribution in [0.2, 0.25) is 5.15 Å². The molecule has 19 heavy (non-hydrogen) atoms. The summed E-state index contributed by atoms with van der Waals surface area (Å²) in [6.07, 6.45) is 2.79. The zero-order valence-electron chi connectivity index (χ0n) is 11.4. The first-order valence-electron chi connectivity index (χ1n) is 6.33. The number of nitrogens with zero attached hydrogens (tertiary/aromatic N) is 3. The Morgan fingerprint density at radius 2 is 2.16 bits per heavy atom. The Bertz CT molecular complexity index is 485. The molecule has 104 valence electrons. The van der Waals surface area contributed by atoms with E-state index in [1.165, 1.54) is 6.33 Å². The molecule has 0 unspecified atom stereocenters. The molecule has 0 radical (unpaired) electrons. The summed E-state index contributed by atoms with van der Waals surface area (Å²) in [5, 5.41) is 0.417. The van der Waals surface area contributed by atoms with Gasteiger partial charge in [-0.05, 0) is 33.6 Å². The zero-order valence-corrected chi connectivity index (χ0v) is 12.2. The lowest BCUT2D eigenvalue weighted by Gasteiger charge is -2.26. The highest BCUT2D eigenvalue weighted by molar-refractivity contribution is 6.30. The molecule has 0 atom stereocenters. The van der Waals surface area contributed by atoms with Crippen molar-refractivity contribution >= 4 is 17.7 Å². The summed E-state index contributed by atoms with van der Waals surface area (Å²) >= 11 is 6.09. The van der Waals surface area contributed by atoms with Crippen molar-refractivity contribution in [2.24, 2.45) is 0 Å². The number of fused-ring (bicyclic) bond motifs is 1. The third-order valence-electron chi connectivity index (χ3n) is 2.82. The average Bonchev–Trinajstić information content (AvgIpc) is 2.50. The van der Waals surface area contributed by atoms with E-state index in [0.29, 0.717) is 18.2 Å². The average molecular weight is 284 g/mol. The predicted octanol–water partition coefficient (Wildman–Crippen LogP) is 2.81. The molecule has 0 aromatic carbocycles. The fraction of sp³-hybridized carbons (Fsp3) is 0.615. The second-order valence-electron chi connectivity index (χ2n) is 5.60. The van der Waals surface area contributed by atoms with Gasteiger partial charge in [-0.2, -0.15) is 0 Å². The number of hydrogen-bond acceptors (Lipinski definition) is 4. The highest BCUT2D eigenvalue weighted by Crippen LogP contribution is 2.23. The number of aromatic nitrogens is 2. The van der Waals surface area contributed by atoms with Gasteiger partial charge in [0.25, 0.3) is 0 Å². The van der Waals surface area contributed by atoms with Gasteiger partial charge in [0.1, 0.15) is 17.1 Å². The van der Waals surface area contributed by atoms with E-state index in [-0.39, 0.29) is 6.09 Å². The van der Waals surface area contributed by atoms with Crippen LogP contribution in [0.15, 0.2) is 6.33 Å².